The Kier molecular flexibility index (Phi) is 5.67. The number of para-hydroxylation sites is 1. The summed E-state index contributed by atoms with van der Waals surface area (Å²) < 4.78 is 5.42. The quantitative estimate of drug-likeness (QED) is 0.740. The molecular weight excluding hydrogens is 316 g/mol. The summed E-state index contributed by atoms with van der Waals surface area (Å²) in [5.41, 5.74) is 1.90. The zero-order valence-electron chi connectivity index (χ0n) is 14.4. The predicted molar refractivity (Wildman–Crippen MR) is 96.2 cm³/mol. The van der Waals surface area contributed by atoms with Gasteiger partial charge in [-0.2, -0.15) is 10.2 Å². The van der Waals surface area contributed by atoms with Crippen molar-refractivity contribution in [3.63, 3.8) is 0 Å². The first-order chi connectivity index (χ1) is 12.2. The topological polar surface area (TPSA) is 66.3 Å². The van der Waals surface area contributed by atoms with Crippen LogP contribution in [0.2, 0.25) is 0 Å². The third-order valence-electron chi connectivity index (χ3n) is 4.62. The molecule has 1 aromatic carbocycles. The van der Waals surface area contributed by atoms with Gasteiger partial charge in [-0.3, -0.25) is 4.79 Å². The third kappa shape index (κ3) is 4.80. The van der Waals surface area contributed by atoms with Gasteiger partial charge in [0.15, 0.2) is 5.66 Å². The standard InChI is InChI=1S/C19H24N4O2/c1-2-3-9-19(21-22-19)10-8-18(24)20-15-16-6-4-5-7-17(16)23-11-13-25-14-12-23/h1,4-7H,3,8-15H2,(H,20,24). The summed E-state index contributed by atoms with van der Waals surface area (Å²) >= 11 is 0. The molecule has 25 heavy (non-hydrogen) atoms. The number of hydrogen-bond acceptors (Lipinski definition) is 5. The van der Waals surface area contributed by atoms with E-state index < -0.39 is 5.66 Å². The number of nitrogens with zero attached hydrogens (tertiary/aromatic N) is 3. The van der Waals surface area contributed by atoms with Crippen molar-refractivity contribution in [3.8, 4) is 12.3 Å². The molecule has 0 saturated carbocycles. The number of rotatable bonds is 8. The zero-order valence-corrected chi connectivity index (χ0v) is 14.4. The summed E-state index contributed by atoms with van der Waals surface area (Å²) in [6, 6.07) is 8.19. The van der Waals surface area contributed by atoms with Crippen LogP contribution < -0.4 is 10.2 Å². The molecule has 2 aliphatic rings. The number of terminal acetylenes is 1. The Bertz CT molecular complexity index is 668. The first-order valence-corrected chi connectivity index (χ1v) is 8.77. The number of morpholine rings is 1. The van der Waals surface area contributed by atoms with Gasteiger partial charge in [0.1, 0.15) is 0 Å². The molecule has 1 aromatic rings. The fourth-order valence-corrected chi connectivity index (χ4v) is 3.04. The van der Waals surface area contributed by atoms with Crippen molar-refractivity contribution < 1.29 is 9.53 Å². The number of amides is 1. The van der Waals surface area contributed by atoms with Gasteiger partial charge in [-0.05, 0) is 11.6 Å². The van der Waals surface area contributed by atoms with Crippen LogP contribution in [0.4, 0.5) is 5.69 Å². The summed E-state index contributed by atoms with van der Waals surface area (Å²) in [5, 5.41) is 11.2. The smallest absolute Gasteiger partial charge is 0.220 e. The molecule has 6 nitrogen and oxygen atoms in total. The molecular formula is C19H24N4O2. The Labute approximate surface area is 148 Å². The van der Waals surface area contributed by atoms with Gasteiger partial charge in [-0.1, -0.05) is 18.2 Å². The van der Waals surface area contributed by atoms with Crippen molar-refractivity contribution in [2.45, 2.75) is 37.9 Å². The second kappa shape index (κ2) is 8.13. The fraction of sp³-hybridized carbons (Fsp3) is 0.526. The fourth-order valence-electron chi connectivity index (χ4n) is 3.04. The van der Waals surface area contributed by atoms with Crippen molar-refractivity contribution in [2.75, 3.05) is 31.2 Å². The highest BCUT2D eigenvalue weighted by Crippen LogP contribution is 2.37. The van der Waals surface area contributed by atoms with E-state index in [0.29, 0.717) is 25.8 Å². The molecule has 0 spiro atoms. The highest BCUT2D eigenvalue weighted by molar-refractivity contribution is 5.76. The van der Waals surface area contributed by atoms with E-state index in [2.05, 4.69) is 38.5 Å². The van der Waals surface area contributed by atoms with Gasteiger partial charge < -0.3 is 15.0 Å². The highest BCUT2D eigenvalue weighted by Gasteiger charge is 2.39. The number of nitrogens with one attached hydrogen (secondary N) is 1. The van der Waals surface area contributed by atoms with Gasteiger partial charge in [0.25, 0.3) is 0 Å². The van der Waals surface area contributed by atoms with E-state index >= 15 is 0 Å². The van der Waals surface area contributed by atoms with Gasteiger partial charge in [0, 0.05) is 51.0 Å². The highest BCUT2D eigenvalue weighted by atomic mass is 16.5. The Morgan fingerprint density at radius 1 is 1.28 bits per heavy atom. The molecule has 0 aromatic heterocycles. The number of carbonyl (C=O) groups is 1. The van der Waals surface area contributed by atoms with Crippen LogP contribution in [0.15, 0.2) is 34.5 Å². The van der Waals surface area contributed by atoms with Crippen LogP contribution in [-0.4, -0.2) is 37.9 Å². The van der Waals surface area contributed by atoms with E-state index in [4.69, 9.17) is 11.2 Å². The van der Waals surface area contributed by atoms with Crippen molar-refractivity contribution in [1.29, 1.82) is 0 Å². The molecule has 3 rings (SSSR count). The van der Waals surface area contributed by atoms with E-state index in [9.17, 15) is 4.79 Å². The van der Waals surface area contributed by atoms with Gasteiger partial charge in [-0.15, -0.1) is 12.3 Å². The Balaban J connectivity index is 1.48. The van der Waals surface area contributed by atoms with Crippen molar-refractivity contribution in [3.05, 3.63) is 29.8 Å². The lowest BCUT2D eigenvalue weighted by Crippen LogP contribution is -2.37. The summed E-state index contributed by atoms with van der Waals surface area (Å²) in [6.07, 6.45) is 7.70. The van der Waals surface area contributed by atoms with E-state index in [-0.39, 0.29) is 5.91 Å². The zero-order chi connectivity index (χ0) is 17.5. The minimum absolute atomic E-state index is 0.0224. The molecule has 0 unspecified atom stereocenters. The lowest BCUT2D eigenvalue weighted by molar-refractivity contribution is -0.121. The number of benzene rings is 1. The maximum Gasteiger partial charge on any atom is 0.220 e. The van der Waals surface area contributed by atoms with Crippen LogP contribution in [0, 0.1) is 12.3 Å². The molecule has 1 fully saturated rings. The number of ether oxygens (including phenoxy) is 1. The molecule has 2 aliphatic heterocycles. The van der Waals surface area contributed by atoms with Crippen LogP contribution in [0.3, 0.4) is 0 Å². The molecule has 0 bridgehead atoms. The molecule has 0 atom stereocenters. The normalized spacial score (nSPS) is 17.8. The molecule has 6 heteroatoms. The van der Waals surface area contributed by atoms with Gasteiger partial charge in [0.05, 0.1) is 13.2 Å². The van der Waals surface area contributed by atoms with Crippen molar-refractivity contribution >= 4 is 11.6 Å². The molecule has 2 heterocycles. The molecule has 132 valence electrons. The van der Waals surface area contributed by atoms with E-state index in [0.717, 1.165) is 38.3 Å². The minimum atomic E-state index is -0.393. The molecule has 1 N–H and O–H groups in total. The number of carbonyl (C=O) groups excluding carboxylic acids is 1. The Hall–Kier alpha value is -2.39. The average molecular weight is 340 g/mol. The largest absolute Gasteiger partial charge is 0.378 e. The summed E-state index contributed by atoms with van der Waals surface area (Å²) in [6.45, 7) is 3.77. The monoisotopic (exact) mass is 340 g/mol. The maximum atomic E-state index is 12.2. The van der Waals surface area contributed by atoms with Gasteiger partial charge >= 0.3 is 0 Å². The van der Waals surface area contributed by atoms with E-state index in [1.54, 1.807) is 0 Å². The van der Waals surface area contributed by atoms with Crippen LogP contribution in [0.1, 0.15) is 31.2 Å². The average Bonchev–Trinajstić information content (AvgIpc) is 3.44. The lowest BCUT2D eigenvalue weighted by atomic mass is 10.0. The minimum Gasteiger partial charge on any atom is -0.378 e. The lowest BCUT2D eigenvalue weighted by Gasteiger charge is -2.30. The number of anilines is 1. The van der Waals surface area contributed by atoms with Crippen LogP contribution >= 0.6 is 0 Å². The van der Waals surface area contributed by atoms with Crippen molar-refractivity contribution in [2.24, 2.45) is 10.2 Å². The van der Waals surface area contributed by atoms with Crippen molar-refractivity contribution in [1.82, 2.24) is 5.32 Å². The second-order valence-electron chi connectivity index (χ2n) is 6.39. The van der Waals surface area contributed by atoms with E-state index in [1.165, 1.54) is 5.69 Å². The SMILES string of the molecule is C#CCCC1(CCC(=O)NCc2ccccc2N2CCOCC2)N=N1. The van der Waals surface area contributed by atoms with Crippen LogP contribution in [0.25, 0.3) is 0 Å². The van der Waals surface area contributed by atoms with Crippen LogP contribution in [-0.2, 0) is 16.1 Å². The molecule has 0 aliphatic carbocycles. The Morgan fingerprint density at radius 3 is 2.76 bits per heavy atom. The van der Waals surface area contributed by atoms with Gasteiger partial charge in [0.2, 0.25) is 5.91 Å². The van der Waals surface area contributed by atoms with E-state index in [1.807, 2.05) is 12.1 Å². The number of hydrogen-bond donors (Lipinski definition) is 1. The third-order valence-corrected chi connectivity index (χ3v) is 4.62. The second-order valence-corrected chi connectivity index (χ2v) is 6.39. The molecule has 1 saturated heterocycles. The predicted octanol–water partition coefficient (Wildman–Crippen LogP) is 2.50. The van der Waals surface area contributed by atoms with Crippen LogP contribution in [0.5, 0.6) is 0 Å². The first-order valence-electron chi connectivity index (χ1n) is 8.77. The molecule has 1 amide bonds. The molecule has 0 radical (unpaired) electrons. The first kappa shape index (κ1) is 17.4. The Morgan fingerprint density at radius 2 is 2.04 bits per heavy atom. The maximum absolute atomic E-state index is 12.2. The van der Waals surface area contributed by atoms with Gasteiger partial charge in [-0.25, -0.2) is 0 Å². The summed E-state index contributed by atoms with van der Waals surface area (Å²) in [4.78, 5) is 14.5. The summed E-state index contributed by atoms with van der Waals surface area (Å²) in [5.74, 6) is 2.62. The summed E-state index contributed by atoms with van der Waals surface area (Å²) in [7, 11) is 0.